The minimum atomic E-state index is -0.514. The van der Waals surface area contributed by atoms with Gasteiger partial charge in [0.25, 0.3) is 0 Å². The van der Waals surface area contributed by atoms with Crippen molar-refractivity contribution in [3.63, 3.8) is 0 Å². The first-order chi connectivity index (χ1) is 16.1. The molecule has 2 aliphatic heterocycles. The maximum atomic E-state index is 12.5. The number of hydrogen-bond donors (Lipinski definition) is 3. The predicted molar refractivity (Wildman–Crippen MR) is 121 cm³/mol. The predicted octanol–water partition coefficient (Wildman–Crippen LogP) is 2.52. The third-order valence-corrected chi connectivity index (χ3v) is 6.58. The van der Waals surface area contributed by atoms with E-state index in [9.17, 15) is 14.7 Å². The molecule has 174 valence electrons. The van der Waals surface area contributed by atoms with Crippen LogP contribution in [0, 0.1) is 5.92 Å². The van der Waals surface area contributed by atoms with Gasteiger partial charge in [0.1, 0.15) is 18.0 Å². The Morgan fingerprint density at radius 2 is 2.03 bits per heavy atom. The second-order valence-electron chi connectivity index (χ2n) is 9.19. The highest BCUT2D eigenvalue weighted by Crippen LogP contribution is 2.47. The van der Waals surface area contributed by atoms with E-state index in [1.807, 2.05) is 30.3 Å². The topological polar surface area (TPSA) is 110 Å². The molecule has 0 bridgehead atoms. The van der Waals surface area contributed by atoms with Crippen molar-refractivity contribution >= 4 is 17.5 Å². The summed E-state index contributed by atoms with van der Waals surface area (Å²) in [5.41, 5.74) is 2.67. The van der Waals surface area contributed by atoms with Crippen LogP contribution < -0.4 is 15.4 Å². The zero-order valence-electron chi connectivity index (χ0n) is 18.4. The van der Waals surface area contributed by atoms with E-state index in [2.05, 4.69) is 15.6 Å². The fourth-order valence-corrected chi connectivity index (χ4v) is 4.75. The normalized spacial score (nSPS) is 25.5. The number of nitrogens with one attached hydrogen (secondary N) is 2. The van der Waals surface area contributed by atoms with Crippen LogP contribution in [0.2, 0.25) is 0 Å². The van der Waals surface area contributed by atoms with Crippen molar-refractivity contribution in [3.8, 4) is 5.75 Å². The summed E-state index contributed by atoms with van der Waals surface area (Å²) in [6.45, 7) is 0.221. The van der Waals surface area contributed by atoms with Crippen LogP contribution in [0.25, 0.3) is 0 Å². The quantitative estimate of drug-likeness (QED) is 0.569. The van der Waals surface area contributed by atoms with Gasteiger partial charge in [-0.05, 0) is 55.0 Å². The van der Waals surface area contributed by atoms with Crippen LogP contribution in [-0.2, 0) is 20.9 Å². The molecule has 2 fully saturated rings. The number of rotatable bonds is 8. The second-order valence-corrected chi connectivity index (χ2v) is 9.19. The molecule has 3 N–H and O–H groups in total. The van der Waals surface area contributed by atoms with E-state index >= 15 is 0 Å². The average molecular weight is 452 g/mol. The van der Waals surface area contributed by atoms with Gasteiger partial charge in [0.15, 0.2) is 0 Å². The number of aliphatic hydroxyl groups excluding tert-OH is 1. The maximum absolute atomic E-state index is 12.5. The van der Waals surface area contributed by atoms with Crippen LogP contribution in [0.5, 0.6) is 5.75 Å². The van der Waals surface area contributed by atoms with Crippen LogP contribution in [0.4, 0.5) is 5.69 Å². The van der Waals surface area contributed by atoms with Gasteiger partial charge in [0.05, 0.1) is 19.1 Å². The standard InChI is InChI=1S/C25H29N3O5/c29-14-22-25-20(10-18(32-22)11-23(30)27-13-16-2-1-7-26-12-16)19-9-17(5-6-21(19)33-25)28-24(31)8-15-3-4-15/h1-2,5-7,9,12,15,18,20,22,25,29H,3-4,8,10-11,13-14H2,(H,27,30)(H,28,31)/t18-,20+,22-,25-/m1/s1. The largest absolute Gasteiger partial charge is 0.487 e. The first-order valence-corrected chi connectivity index (χ1v) is 11.6. The SMILES string of the molecule is O=C(C[C@H]1C[C@H]2c3cc(NC(=O)CC4CC4)ccc3O[C@H]2[C@@H](CO)O1)NCc1cccnc1. The molecule has 2 amide bonds. The summed E-state index contributed by atoms with van der Waals surface area (Å²) in [6.07, 6.45) is 5.90. The van der Waals surface area contributed by atoms with E-state index in [-0.39, 0.29) is 43.0 Å². The number of hydrogen-bond acceptors (Lipinski definition) is 6. The van der Waals surface area contributed by atoms with Gasteiger partial charge in [-0.15, -0.1) is 0 Å². The minimum Gasteiger partial charge on any atom is -0.487 e. The molecule has 0 radical (unpaired) electrons. The third-order valence-electron chi connectivity index (χ3n) is 6.58. The van der Waals surface area contributed by atoms with Crippen LogP contribution in [0.15, 0.2) is 42.7 Å². The Labute approximate surface area is 192 Å². The first kappa shape index (κ1) is 21.9. The summed E-state index contributed by atoms with van der Waals surface area (Å²) in [4.78, 5) is 28.8. The van der Waals surface area contributed by atoms with Gasteiger partial charge in [-0.2, -0.15) is 0 Å². The van der Waals surface area contributed by atoms with Gasteiger partial charge in [-0.3, -0.25) is 14.6 Å². The van der Waals surface area contributed by atoms with Crippen LogP contribution >= 0.6 is 0 Å². The van der Waals surface area contributed by atoms with Crippen LogP contribution in [0.1, 0.15) is 49.1 Å². The number of pyridine rings is 1. The van der Waals surface area contributed by atoms with Gasteiger partial charge < -0.3 is 25.2 Å². The Morgan fingerprint density at radius 3 is 2.79 bits per heavy atom. The van der Waals surface area contributed by atoms with Gasteiger partial charge in [0.2, 0.25) is 11.8 Å². The van der Waals surface area contributed by atoms with Crippen molar-refractivity contribution in [2.24, 2.45) is 5.92 Å². The van der Waals surface area contributed by atoms with Crippen molar-refractivity contribution in [1.82, 2.24) is 10.3 Å². The fraction of sp³-hybridized carbons (Fsp3) is 0.480. The molecule has 2 aromatic rings. The van der Waals surface area contributed by atoms with Crippen molar-refractivity contribution in [1.29, 1.82) is 0 Å². The van der Waals surface area contributed by atoms with Crippen molar-refractivity contribution < 1.29 is 24.2 Å². The zero-order valence-corrected chi connectivity index (χ0v) is 18.4. The van der Waals surface area contributed by atoms with E-state index in [1.54, 1.807) is 12.4 Å². The number of benzene rings is 1. The van der Waals surface area contributed by atoms with E-state index in [1.165, 1.54) is 0 Å². The molecular weight excluding hydrogens is 422 g/mol. The molecule has 8 heteroatoms. The van der Waals surface area contributed by atoms with Crippen molar-refractivity contribution in [2.45, 2.75) is 62.9 Å². The van der Waals surface area contributed by atoms with Crippen molar-refractivity contribution in [3.05, 3.63) is 53.9 Å². The Hall–Kier alpha value is -2.97. The summed E-state index contributed by atoms with van der Waals surface area (Å²) in [5, 5.41) is 15.8. The lowest BCUT2D eigenvalue weighted by Gasteiger charge is -2.37. The molecule has 5 rings (SSSR count). The van der Waals surface area contributed by atoms with E-state index in [0.717, 1.165) is 35.4 Å². The molecule has 1 aromatic carbocycles. The molecule has 8 nitrogen and oxygen atoms in total. The number of carbonyl (C=O) groups is 2. The van der Waals surface area contributed by atoms with Gasteiger partial charge in [-0.1, -0.05) is 6.07 Å². The summed E-state index contributed by atoms with van der Waals surface area (Å²) >= 11 is 0. The molecule has 1 aliphatic carbocycles. The molecule has 0 spiro atoms. The number of ether oxygens (including phenoxy) is 2. The lowest BCUT2D eigenvalue weighted by molar-refractivity contribution is -0.142. The minimum absolute atomic E-state index is 0.0118. The summed E-state index contributed by atoms with van der Waals surface area (Å²) in [5.74, 6) is 1.18. The van der Waals surface area contributed by atoms with E-state index < -0.39 is 6.10 Å². The number of carbonyl (C=O) groups excluding carboxylic acids is 2. The number of amides is 2. The summed E-state index contributed by atoms with van der Waals surface area (Å²) in [6, 6.07) is 9.41. The lowest BCUT2D eigenvalue weighted by atomic mass is 9.84. The summed E-state index contributed by atoms with van der Waals surface area (Å²) < 4.78 is 12.1. The van der Waals surface area contributed by atoms with Gasteiger partial charge in [0, 0.05) is 42.5 Å². The van der Waals surface area contributed by atoms with Gasteiger partial charge in [-0.25, -0.2) is 0 Å². The Morgan fingerprint density at radius 1 is 1.15 bits per heavy atom. The molecule has 4 atom stereocenters. The summed E-state index contributed by atoms with van der Waals surface area (Å²) in [7, 11) is 0. The zero-order chi connectivity index (χ0) is 22.8. The van der Waals surface area contributed by atoms with Crippen LogP contribution in [-0.4, -0.2) is 46.8 Å². The number of aromatic nitrogens is 1. The molecule has 1 saturated heterocycles. The maximum Gasteiger partial charge on any atom is 0.224 e. The molecule has 33 heavy (non-hydrogen) atoms. The molecule has 3 aliphatic rings. The molecule has 1 saturated carbocycles. The Kier molecular flexibility index (Phi) is 6.28. The molecule has 3 heterocycles. The highest BCUT2D eigenvalue weighted by atomic mass is 16.6. The number of fused-ring (bicyclic) bond motifs is 3. The molecular formula is C25H29N3O5. The fourth-order valence-electron chi connectivity index (χ4n) is 4.75. The molecule has 1 aromatic heterocycles. The monoisotopic (exact) mass is 451 g/mol. The number of anilines is 1. The van der Waals surface area contributed by atoms with Crippen molar-refractivity contribution in [2.75, 3.05) is 11.9 Å². The van der Waals surface area contributed by atoms with Gasteiger partial charge >= 0.3 is 0 Å². The molecule has 0 unspecified atom stereocenters. The lowest BCUT2D eigenvalue weighted by Crippen LogP contribution is -2.47. The third kappa shape index (κ3) is 5.17. The Balaban J connectivity index is 1.24. The number of nitrogens with zero attached hydrogens (tertiary/aromatic N) is 1. The first-order valence-electron chi connectivity index (χ1n) is 11.6. The smallest absolute Gasteiger partial charge is 0.224 e. The highest BCUT2D eigenvalue weighted by Gasteiger charge is 2.46. The van der Waals surface area contributed by atoms with Crippen LogP contribution in [0.3, 0.4) is 0 Å². The van der Waals surface area contributed by atoms with E-state index in [0.29, 0.717) is 25.3 Å². The number of aliphatic hydroxyl groups is 1. The average Bonchev–Trinajstić information content (AvgIpc) is 3.56. The van der Waals surface area contributed by atoms with E-state index in [4.69, 9.17) is 9.47 Å². The second kappa shape index (κ2) is 9.49. The highest BCUT2D eigenvalue weighted by molar-refractivity contribution is 5.91. The Bertz CT molecular complexity index is 1010.